The van der Waals surface area contributed by atoms with Crippen molar-refractivity contribution in [3.05, 3.63) is 65.2 Å². The van der Waals surface area contributed by atoms with Gasteiger partial charge in [-0.3, -0.25) is 4.90 Å². The van der Waals surface area contributed by atoms with Crippen LogP contribution in [-0.2, 0) is 10.3 Å². The summed E-state index contributed by atoms with van der Waals surface area (Å²) in [6.45, 7) is 9.15. The number of benzene rings is 2. The van der Waals surface area contributed by atoms with Crippen LogP contribution in [-0.4, -0.2) is 30.1 Å². The van der Waals surface area contributed by atoms with Crippen LogP contribution in [0.3, 0.4) is 0 Å². The molecular formula is C26H33N3O. The number of ether oxygens (including phenoxy) is 1. The molecule has 4 N–H and O–H groups in total. The van der Waals surface area contributed by atoms with Crippen molar-refractivity contribution in [2.75, 3.05) is 18.8 Å². The Morgan fingerprint density at radius 2 is 1.80 bits per heavy atom. The standard InChI is InChI=1S/C26H33N3O/c1-24(2)23-22-21-18(10-7-11-19(21)27)26(24,28)25(22,3)15-29(23)14-17-12-13-20(30-17)16-8-5-4-6-9-16/h4-11,17,20,22-23H,12-15,27-28H2,1-3H3/t17-,20+,22?,23-,25-,26+/m1/s1. The Balaban J connectivity index is 1.30. The van der Waals surface area contributed by atoms with Crippen LogP contribution in [0.2, 0.25) is 0 Å². The Morgan fingerprint density at radius 3 is 2.57 bits per heavy atom. The van der Waals surface area contributed by atoms with Crippen LogP contribution in [0.4, 0.5) is 5.69 Å². The van der Waals surface area contributed by atoms with Crippen molar-refractivity contribution in [1.82, 2.24) is 4.90 Å². The van der Waals surface area contributed by atoms with Crippen LogP contribution in [0.1, 0.15) is 62.3 Å². The smallest absolute Gasteiger partial charge is 0.0830 e. The summed E-state index contributed by atoms with van der Waals surface area (Å²) in [5.41, 5.74) is 18.3. The number of hydrogen-bond donors (Lipinski definition) is 2. The fourth-order valence-corrected chi connectivity index (χ4v) is 7.99. The minimum Gasteiger partial charge on any atom is -0.398 e. The maximum Gasteiger partial charge on any atom is 0.0830 e. The number of likely N-dealkylation sites (tertiary alicyclic amines) is 1. The van der Waals surface area contributed by atoms with Gasteiger partial charge in [0.1, 0.15) is 0 Å². The van der Waals surface area contributed by atoms with E-state index in [1.165, 1.54) is 16.7 Å². The molecule has 0 aromatic heterocycles. The lowest BCUT2D eigenvalue weighted by Crippen LogP contribution is -2.65. The van der Waals surface area contributed by atoms with E-state index in [1.807, 2.05) is 6.07 Å². The van der Waals surface area contributed by atoms with Gasteiger partial charge in [-0.05, 0) is 35.6 Å². The predicted molar refractivity (Wildman–Crippen MR) is 120 cm³/mol. The Kier molecular flexibility index (Phi) is 3.69. The molecule has 4 aliphatic rings. The lowest BCUT2D eigenvalue weighted by atomic mass is 9.60. The number of piperidine rings is 1. The highest BCUT2D eigenvalue weighted by Gasteiger charge is 2.79. The molecule has 2 aromatic carbocycles. The van der Waals surface area contributed by atoms with Crippen LogP contribution >= 0.6 is 0 Å². The van der Waals surface area contributed by atoms with Crippen molar-refractivity contribution in [2.45, 2.75) is 63.3 Å². The minimum absolute atomic E-state index is 0.0103. The number of hydrogen-bond acceptors (Lipinski definition) is 4. The zero-order valence-electron chi connectivity index (χ0n) is 18.3. The van der Waals surface area contributed by atoms with Gasteiger partial charge in [-0.15, -0.1) is 0 Å². The highest BCUT2D eigenvalue weighted by atomic mass is 16.5. The Morgan fingerprint density at radius 1 is 1.03 bits per heavy atom. The number of rotatable bonds is 3. The summed E-state index contributed by atoms with van der Waals surface area (Å²) in [6, 6.07) is 17.4. The van der Waals surface area contributed by atoms with Gasteiger partial charge in [-0.1, -0.05) is 63.2 Å². The van der Waals surface area contributed by atoms with Gasteiger partial charge in [0.25, 0.3) is 0 Å². The summed E-state index contributed by atoms with van der Waals surface area (Å²) in [5.74, 6) is 0.403. The number of anilines is 1. The third-order valence-corrected chi connectivity index (χ3v) is 9.18. The van der Waals surface area contributed by atoms with Crippen molar-refractivity contribution in [2.24, 2.45) is 16.6 Å². The fourth-order valence-electron chi connectivity index (χ4n) is 7.99. The maximum absolute atomic E-state index is 7.33. The molecule has 2 heterocycles. The number of fused-ring (bicyclic) bond motifs is 2. The summed E-state index contributed by atoms with van der Waals surface area (Å²) in [4.78, 5) is 2.68. The number of nitrogens with two attached hydrogens (primary N) is 2. The van der Waals surface area contributed by atoms with E-state index < -0.39 is 0 Å². The first kappa shape index (κ1) is 18.9. The third-order valence-electron chi connectivity index (χ3n) is 9.18. The summed E-state index contributed by atoms with van der Waals surface area (Å²) < 4.78 is 6.52. The van der Waals surface area contributed by atoms with E-state index in [9.17, 15) is 0 Å². The molecule has 2 aliphatic heterocycles. The van der Waals surface area contributed by atoms with Crippen molar-refractivity contribution in [3.63, 3.8) is 0 Å². The first-order valence-corrected chi connectivity index (χ1v) is 11.4. The second-order valence-corrected chi connectivity index (χ2v) is 10.8. The van der Waals surface area contributed by atoms with Crippen LogP contribution in [0, 0.1) is 10.8 Å². The summed E-state index contributed by atoms with van der Waals surface area (Å²) >= 11 is 0. The average Bonchev–Trinajstić information content (AvgIpc) is 3.38. The Bertz CT molecular complexity index is 1000. The molecule has 4 bridgehead atoms. The van der Waals surface area contributed by atoms with E-state index in [1.54, 1.807) is 0 Å². The van der Waals surface area contributed by atoms with Gasteiger partial charge >= 0.3 is 0 Å². The summed E-state index contributed by atoms with van der Waals surface area (Å²) in [5, 5.41) is 0. The molecule has 6 atom stereocenters. The fraction of sp³-hybridized carbons (Fsp3) is 0.538. The molecular weight excluding hydrogens is 370 g/mol. The van der Waals surface area contributed by atoms with Crippen LogP contribution in [0.15, 0.2) is 48.5 Å². The van der Waals surface area contributed by atoms with E-state index in [0.29, 0.717) is 12.0 Å². The molecule has 4 heteroatoms. The van der Waals surface area contributed by atoms with Crippen molar-refractivity contribution in [1.29, 1.82) is 0 Å². The van der Waals surface area contributed by atoms with E-state index in [2.05, 4.69) is 68.1 Å². The molecule has 2 saturated heterocycles. The molecule has 0 spiro atoms. The Hall–Kier alpha value is -1.88. The molecule has 4 nitrogen and oxygen atoms in total. The largest absolute Gasteiger partial charge is 0.398 e. The molecule has 0 amide bonds. The van der Waals surface area contributed by atoms with Gasteiger partial charge in [0.15, 0.2) is 0 Å². The van der Waals surface area contributed by atoms with E-state index in [-0.39, 0.29) is 28.6 Å². The van der Waals surface area contributed by atoms with Crippen LogP contribution in [0.5, 0.6) is 0 Å². The third kappa shape index (κ3) is 2.03. The van der Waals surface area contributed by atoms with Crippen LogP contribution < -0.4 is 11.5 Å². The number of nitrogens with zero attached hydrogens (tertiary/aromatic N) is 1. The van der Waals surface area contributed by atoms with Gasteiger partial charge in [-0.2, -0.15) is 0 Å². The SMILES string of the molecule is CC1(C)[C@H]2C3c4c(N)cccc4[C@@]1(N)[C@]3(C)CN2C[C@H]1CC[C@@H](c2ccccc2)O1. The molecule has 158 valence electrons. The average molecular weight is 404 g/mol. The molecule has 30 heavy (non-hydrogen) atoms. The van der Waals surface area contributed by atoms with Gasteiger partial charge in [0.05, 0.1) is 17.7 Å². The lowest BCUT2D eigenvalue weighted by molar-refractivity contribution is -0.0460. The second kappa shape index (κ2) is 5.87. The summed E-state index contributed by atoms with van der Waals surface area (Å²) in [7, 11) is 0. The molecule has 0 radical (unpaired) electrons. The normalized spacial score (nSPS) is 40.8. The minimum atomic E-state index is -0.334. The first-order valence-electron chi connectivity index (χ1n) is 11.4. The maximum atomic E-state index is 7.33. The Labute approximate surface area is 179 Å². The predicted octanol–water partition coefficient (Wildman–Crippen LogP) is 4.17. The number of nitrogen functional groups attached to an aromatic ring is 1. The quantitative estimate of drug-likeness (QED) is 0.755. The van der Waals surface area contributed by atoms with E-state index >= 15 is 0 Å². The van der Waals surface area contributed by atoms with Gasteiger partial charge in [0, 0.05) is 41.6 Å². The first-order chi connectivity index (χ1) is 14.3. The van der Waals surface area contributed by atoms with Crippen LogP contribution in [0.25, 0.3) is 0 Å². The highest BCUT2D eigenvalue weighted by Crippen LogP contribution is 2.77. The van der Waals surface area contributed by atoms with Gasteiger partial charge < -0.3 is 16.2 Å². The van der Waals surface area contributed by atoms with Crippen molar-refractivity contribution in [3.8, 4) is 0 Å². The molecule has 1 saturated carbocycles. The second-order valence-electron chi connectivity index (χ2n) is 10.8. The highest BCUT2D eigenvalue weighted by molar-refractivity contribution is 5.65. The summed E-state index contributed by atoms with van der Waals surface area (Å²) in [6.07, 6.45) is 2.74. The van der Waals surface area contributed by atoms with E-state index in [4.69, 9.17) is 16.2 Å². The van der Waals surface area contributed by atoms with E-state index in [0.717, 1.165) is 31.6 Å². The van der Waals surface area contributed by atoms with Crippen molar-refractivity contribution < 1.29 is 4.74 Å². The lowest BCUT2D eigenvalue weighted by Gasteiger charge is -2.55. The molecule has 6 rings (SSSR count). The zero-order chi connectivity index (χ0) is 20.9. The monoisotopic (exact) mass is 403 g/mol. The van der Waals surface area contributed by atoms with Crippen molar-refractivity contribution >= 4 is 5.69 Å². The van der Waals surface area contributed by atoms with Gasteiger partial charge in [-0.25, -0.2) is 0 Å². The molecule has 2 aliphatic carbocycles. The molecule has 3 fully saturated rings. The zero-order valence-corrected chi connectivity index (χ0v) is 18.3. The topological polar surface area (TPSA) is 64.5 Å². The van der Waals surface area contributed by atoms with Gasteiger partial charge in [0.2, 0.25) is 0 Å². The molecule has 1 unspecified atom stereocenters. The molecule has 2 aromatic rings.